The first-order chi connectivity index (χ1) is 5.26. The van der Waals surface area contributed by atoms with Crippen LogP contribution in [-0.2, 0) is 19.7 Å². The molecular weight excluding hydrogens is 200 g/mol. The van der Waals surface area contributed by atoms with E-state index in [1.54, 1.807) is 13.8 Å². The zero-order valence-electron chi connectivity index (χ0n) is 7.02. The average molecular weight is 212 g/mol. The van der Waals surface area contributed by atoms with Crippen LogP contribution in [0.2, 0.25) is 0 Å². The molecule has 1 heterocycles. The molecule has 0 spiro atoms. The second-order valence-corrected chi connectivity index (χ2v) is 8.50. The van der Waals surface area contributed by atoms with Crippen molar-refractivity contribution >= 4 is 19.7 Å². The van der Waals surface area contributed by atoms with Crippen molar-refractivity contribution in [2.75, 3.05) is 5.08 Å². The molecule has 1 fully saturated rings. The van der Waals surface area contributed by atoms with E-state index in [2.05, 4.69) is 0 Å². The number of hydrogen-bond acceptors (Lipinski definition) is 4. The molecule has 1 saturated heterocycles. The highest BCUT2D eigenvalue weighted by Crippen LogP contribution is 2.23. The molecule has 12 heavy (non-hydrogen) atoms. The third-order valence-corrected chi connectivity index (χ3v) is 7.68. The molecule has 1 aliphatic rings. The Balaban J connectivity index is 3.10. The SMILES string of the molecule is C[C@@H]1C[C@H](C)S(=O)(=O)CS1(=O)=O. The summed E-state index contributed by atoms with van der Waals surface area (Å²) in [5.74, 6) is 0. The van der Waals surface area contributed by atoms with Gasteiger partial charge in [-0.15, -0.1) is 0 Å². The van der Waals surface area contributed by atoms with Crippen LogP contribution in [0.25, 0.3) is 0 Å². The topological polar surface area (TPSA) is 68.3 Å². The maximum absolute atomic E-state index is 11.2. The minimum atomic E-state index is -3.39. The first kappa shape index (κ1) is 9.98. The minimum absolute atomic E-state index is 0.227. The summed E-state index contributed by atoms with van der Waals surface area (Å²) >= 11 is 0. The molecule has 0 radical (unpaired) electrons. The Morgan fingerprint density at radius 3 is 1.50 bits per heavy atom. The van der Waals surface area contributed by atoms with Crippen LogP contribution in [-0.4, -0.2) is 32.4 Å². The lowest BCUT2D eigenvalue weighted by atomic mass is 10.3. The van der Waals surface area contributed by atoms with E-state index in [1.807, 2.05) is 0 Å². The van der Waals surface area contributed by atoms with Gasteiger partial charge in [-0.1, -0.05) is 0 Å². The molecule has 0 bridgehead atoms. The predicted molar refractivity (Wildman–Crippen MR) is 46.2 cm³/mol. The lowest BCUT2D eigenvalue weighted by molar-refractivity contribution is 0.551. The third kappa shape index (κ3) is 1.64. The van der Waals surface area contributed by atoms with E-state index in [1.165, 1.54) is 0 Å². The molecule has 0 aliphatic carbocycles. The maximum atomic E-state index is 11.2. The van der Waals surface area contributed by atoms with E-state index in [4.69, 9.17) is 0 Å². The van der Waals surface area contributed by atoms with Gasteiger partial charge in [0.15, 0.2) is 24.8 Å². The second-order valence-electron chi connectivity index (χ2n) is 3.30. The monoisotopic (exact) mass is 212 g/mol. The molecule has 1 aliphatic heterocycles. The molecule has 1 rings (SSSR count). The van der Waals surface area contributed by atoms with Crippen LogP contribution in [0.1, 0.15) is 20.3 Å². The average Bonchev–Trinajstić information content (AvgIpc) is 1.82. The van der Waals surface area contributed by atoms with Crippen molar-refractivity contribution in [3.8, 4) is 0 Å². The van der Waals surface area contributed by atoms with Crippen LogP contribution < -0.4 is 0 Å². The van der Waals surface area contributed by atoms with Gasteiger partial charge in [-0.3, -0.25) is 0 Å². The van der Waals surface area contributed by atoms with Gasteiger partial charge in [-0.25, -0.2) is 16.8 Å². The van der Waals surface area contributed by atoms with Gasteiger partial charge in [0.05, 0.1) is 10.5 Å². The van der Waals surface area contributed by atoms with Crippen molar-refractivity contribution in [2.45, 2.75) is 30.8 Å². The fourth-order valence-electron chi connectivity index (χ4n) is 1.22. The molecule has 0 aromatic heterocycles. The third-order valence-electron chi connectivity index (χ3n) is 2.22. The van der Waals surface area contributed by atoms with E-state index >= 15 is 0 Å². The van der Waals surface area contributed by atoms with Crippen LogP contribution in [0.15, 0.2) is 0 Å². The molecule has 72 valence electrons. The highest BCUT2D eigenvalue weighted by Gasteiger charge is 2.39. The Labute approximate surface area is 72.8 Å². The Bertz CT molecular complexity index is 328. The summed E-state index contributed by atoms with van der Waals surface area (Å²) in [6.45, 7) is 3.11. The van der Waals surface area contributed by atoms with Gasteiger partial charge in [0, 0.05) is 0 Å². The van der Waals surface area contributed by atoms with Gasteiger partial charge in [-0.2, -0.15) is 0 Å². The summed E-state index contributed by atoms with van der Waals surface area (Å²) in [5.41, 5.74) is 0. The van der Waals surface area contributed by atoms with E-state index in [-0.39, 0.29) is 6.42 Å². The lowest BCUT2D eigenvalue weighted by Gasteiger charge is -2.23. The molecule has 2 atom stereocenters. The largest absolute Gasteiger partial charge is 0.228 e. The fourth-order valence-corrected chi connectivity index (χ4v) is 6.20. The number of rotatable bonds is 0. The van der Waals surface area contributed by atoms with Crippen molar-refractivity contribution in [3.63, 3.8) is 0 Å². The molecule has 0 saturated carbocycles. The second kappa shape index (κ2) is 2.70. The molecule has 6 heteroatoms. The molecule has 0 unspecified atom stereocenters. The summed E-state index contributed by atoms with van der Waals surface area (Å²) in [6.07, 6.45) is 0.227. The predicted octanol–water partition coefficient (Wildman–Crippen LogP) is -0.0458. The summed E-state index contributed by atoms with van der Waals surface area (Å²) in [4.78, 5) is 0. The summed E-state index contributed by atoms with van der Waals surface area (Å²) < 4.78 is 44.7. The van der Waals surface area contributed by atoms with Crippen molar-refractivity contribution in [1.82, 2.24) is 0 Å². The zero-order valence-corrected chi connectivity index (χ0v) is 8.65. The first-order valence-corrected chi connectivity index (χ1v) is 7.12. The number of sulfone groups is 2. The quantitative estimate of drug-likeness (QED) is 0.565. The zero-order chi connectivity index (χ0) is 9.57. The highest BCUT2D eigenvalue weighted by atomic mass is 32.3. The van der Waals surface area contributed by atoms with Crippen molar-refractivity contribution in [3.05, 3.63) is 0 Å². The van der Waals surface area contributed by atoms with Gasteiger partial charge in [0.25, 0.3) is 0 Å². The van der Waals surface area contributed by atoms with E-state index in [0.29, 0.717) is 0 Å². The smallest absolute Gasteiger partial charge is 0.167 e. The Hall–Kier alpha value is -0.100. The van der Waals surface area contributed by atoms with Crippen LogP contribution in [0, 0.1) is 0 Å². The molecule has 0 aromatic carbocycles. The summed E-state index contributed by atoms with van der Waals surface area (Å²) in [5, 5.41) is -1.71. The van der Waals surface area contributed by atoms with Gasteiger partial charge >= 0.3 is 0 Å². The van der Waals surface area contributed by atoms with Gasteiger partial charge in [0.2, 0.25) is 0 Å². The Kier molecular flexibility index (Phi) is 2.24. The van der Waals surface area contributed by atoms with Crippen molar-refractivity contribution in [2.24, 2.45) is 0 Å². The highest BCUT2D eigenvalue weighted by molar-refractivity contribution is 8.09. The normalized spacial score (nSPS) is 39.2. The van der Waals surface area contributed by atoms with Crippen molar-refractivity contribution < 1.29 is 16.8 Å². The first-order valence-electron chi connectivity index (χ1n) is 3.69. The Morgan fingerprint density at radius 1 is 0.917 bits per heavy atom. The number of hydrogen-bond donors (Lipinski definition) is 0. The fraction of sp³-hybridized carbons (Fsp3) is 1.00. The van der Waals surface area contributed by atoms with E-state index < -0.39 is 35.3 Å². The van der Waals surface area contributed by atoms with E-state index in [0.717, 1.165) is 0 Å². The van der Waals surface area contributed by atoms with Gasteiger partial charge in [0.1, 0.15) is 0 Å². The molecule has 4 nitrogen and oxygen atoms in total. The standard InChI is InChI=1S/C6H12O4S2/c1-5-3-6(2)12(9,10)4-11(5,7)8/h5-6H,3-4H2,1-2H3/t5-,6+. The molecule has 0 amide bonds. The van der Waals surface area contributed by atoms with E-state index in [9.17, 15) is 16.8 Å². The van der Waals surface area contributed by atoms with Gasteiger partial charge < -0.3 is 0 Å². The van der Waals surface area contributed by atoms with Crippen molar-refractivity contribution in [1.29, 1.82) is 0 Å². The van der Waals surface area contributed by atoms with Crippen LogP contribution in [0.5, 0.6) is 0 Å². The molecule has 0 aromatic rings. The van der Waals surface area contributed by atoms with Crippen LogP contribution in [0.3, 0.4) is 0 Å². The lowest BCUT2D eigenvalue weighted by Crippen LogP contribution is -2.39. The minimum Gasteiger partial charge on any atom is -0.228 e. The summed E-state index contributed by atoms with van der Waals surface area (Å²) in [6, 6.07) is 0. The summed E-state index contributed by atoms with van der Waals surface area (Å²) in [7, 11) is -6.78. The van der Waals surface area contributed by atoms with Gasteiger partial charge in [-0.05, 0) is 20.3 Å². The molecule has 0 N–H and O–H groups in total. The van der Waals surface area contributed by atoms with Crippen LogP contribution in [0.4, 0.5) is 0 Å². The maximum Gasteiger partial charge on any atom is 0.167 e. The molecular formula is C6H12O4S2. The Morgan fingerprint density at radius 2 is 1.25 bits per heavy atom. The van der Waals surface area contributed by atoms with Crippen LogP contribution >= 0.6 is 0 Å².